The molecule has 11 N–H and O–H groups in total. The Labute approximate surface area is 407 Å². The maximum atomic E-state index is 12.9. The van der Waals surface area contributed by atoms with Crippen molar-refractivity contribution in [3.63, 3.8) is 0 Å². The monoisotopic (exact) mass is 1070 g/mol. The minimum Gasteiger partial charge on any atom is -0.493 e. The van der Waals surface area contributed by atoms with E-state index in [1.165, 1.54) is 29.1 Å². The first-order valence-corrected chi connectivity index (χ1v) is 26.4. The molecule has 0 saturated carbocycles. The lowest BCUT2D eigenvalue weighted by Crippen LogP contribution is -2.46. The van der Waals surface area contributed by atoms with E-state index in [2.05, 4.69) is 40.5 Å². The second-order valence-electron chi connectivity index (χ2n) is 16.4. The van der Waals surface area contributed by atoms with E-state index >= 15 is 0 Å². The number of aromatic nitrogens is 6. The molecule has 10 unspecified atom stereocenters. The average molecular weight is 1070 g/mol. The topological polar surface area (TPSA) is 393 Å². The third-order valence-corrected chi connectivity index (χ3v) is 14.6. The largest absolute Gasteiger partial charge is 0.493 e. The zero-order valence-electron chi connectivity index (χ0n) is 37.8. The van der Waals surface area contributed by atoms with Gasteiger partial charge in [-0.05, 0) is 30.7 Å². The zero-order valence-corrected chi connectivity index (χ0v) is 40.5. The van der Waals surface area contributed by atoms with E-state index < -0.39 is 91.7 Å². The van der Waals surface area contributed by atoms with Gasteiger partial charge in [-0.15, -0.1) is 0 Å². The van der Waals surface area contributed by atoms with E-state index in [1.54, 1.807) is 0 Å². The van der Waals surface area contributed by atoms with Crippen LogP contribution in [0.3, 0.4) is 0 Å². The van der Waals surface area contributed by atoms with E-state index in [-0.39, 0.29) is 48.0 Å². The summed E-state index contributed by atoms with van der Waals surface area (Å²) in [7, 11) is -14.5. The smallest absolute Gasteiger partial charge is 0.481 e. The fraction of sp³-hybridized carbons (Fsp3) is 0.390. The van der Waals surface area contributed by atoms with Crippen LogP contribution in [0.4, 0.5) is 5.82 Å². The summed E-state index contributed by atoms with van der Waals surface area (Å²) < 4.78 is 78.3. The summed E-state index contributed by atoms with van der Waals surface area (Å²) >= 11 is 0. The Morgan fingerprint density at radius 2 is 1.58 bits per heavy atom. The highest BCUT2D eigenvalue weighted by atomic mass is 31.3. The maximum absolute atomic E-state index is 12.9. The number of primary amides is 1. The fourth-order valence-electron chi connectivity index (χ4n) is 8.12. The van der Waals surface area contributed by atoms with Crippen molar-refractivity contribution in [2.45, 2.75) is 61.9 Å². The number of pyridine rings is 2. The number of para-hydroxylation sites is 1. The second kappa shape index (κ2) is 21.9. The van der Waals surface area contributed by atoms with Gasteiger partial charge in [-0.25, -0.2) is 28.6 Å². The first-order chi connectivity index (χ1) is 34.2. The van der Waals surface area contributed by atoms with Crippen molar-refractivity contribution in [3.05, 3.63) is 91.3 Å². The molecular weight excluding hydrogens is 1020 g/mol. The summed E-state index contributed by atoms with van der Waals surface area (Å²) in [5.41, 5.74) is 7.53. The van der Waals surface area contributed by atoms with Crippen molar-refractivity contribution < 1.29 is 99.4 Å². The lowest BCUT2D eigenvalue weighted by atomic mass is 10.1. The molecule has 0 spiro atoms. The van der Waals surface area contributed by atoms with Crippen LogP contribution in [0.5, 0.6) is 5.75 Å². The van der Waals surface area contributed by atoms with Gasteiger partial charge >= 0.3 is 23.5 Å². The molecule has 2 fully saturated rings. The van der Waals surface area contributed by atoms with Gasteiger partial charge in [0.1, 0.15) is 55.2 Å². The molecule has 6 heterocycles. The molecule has 0 bridgehead atoms. The number of aliphatic hydroxyl groups excluding tert-OH is 3. The number of carbonyl (C=O) groups is 2. The number of nitrogens with zero attached hydrogens (tertiary/aromatic N) is 6. The first kappa shape index (κ1) is 52.8. The number of amides is 2. The van der Waals surface area contributed by atoms with Crippen molar-refractivity contribution in [1.82, 2.24) is 24.8 Å². The van der Waals surface area contributed by atoms with E-state index in [4.69, 9.17) is 33.5 Å². The predicted molar refractivity (Wildman–Crippen MR) is 245 cm³/mol. The summed E-state index contributed by atoms with van der Waals surface area (Å²) in [5, 5.41) is 40.0. The molecule has 2 amide bonds. The number of carbonyl (C=O) groups excluding carboxylic acids is 2. The minimum atomic E-state index is -5.60. The van der Waals surface area contributed by atoms with Gasteiger partial charge in [0.05, 0.1) is 31.5 Å². The molecular formula is C41H50N9O19P3+2. The Morgan fingerprint density at radius 3 is 2.32 bits per heavy atom. The number of phosphoric acid groups is 3. The summed E-state index contributed by atoms with van der Waals surface area (Å²) in [6.07, 6.45) is -7.99. The number of benzene rings is 2. The van der Waals surface area contributed by atoms with Crippen molar-refractivity contribution in [2.24, 2.45) is 12.8 Å². The zero-order chi connectivity index (χ0) is 51.5. The van der Waals surface area contributed by atoms with Crippen LogP contribution >= 0.6 is 23.5 Å². The van der Waals surface area contributed by atoms with E-state index in [0.29, 0.717) is 18.8 Å². The molecule has 4 aromatic heterocycles. The Kier molecular flexibility index (Phi) is 16.1. The standard InChI is InChI=1S/C41H48N9O19P3/c1-48-26-9-3-2-7-23(26)17-25-27(48)10-4-11-28(25)63-16-6-12-31(51)43-13-14-44-38-32-39(46-21-45-38)50(22-47-32)41-36(68-70(56,57)58)34(53)30(67-41)20-65-72(61,62)69-71(59,60)64-19-29-33(52)35(54)40(66-29)49-15-5-8-24(18-49)37(42)55/h2-5,7-11,15,17-18,21-22,29-30,33-36,40-41,52-54H,6,12-14,16,19-20H2,1H3,(H6-2,42,43,44,45,46,51,55,56,57,58,59,60,61,62)/p+2. The number of fused-ring (bicyclic) bond motifs is 3. The number of nitrogens with two attached hydrogens (primary N) is 1. The third-order valence-electron chi connectivity index (χ3n) is 11.5. The average Bonchev–Trinajstić information content (AvgIpc) is 3.99. The van der Waals surface area contributed by atoms with Gasteiger partial charge in [0.2, 0.25) is 16.9 Å². The summed E-state index contributed by atoms with van der Waals surface area (Å²) in [5.74, 6) is -0.138. The van der Waals surface area contributed by atoms with Gasteiger partial charge in [-0.2, -0.15) is 13.4 Å². The molecule has 8 rings (SSSR count). The number of imidazole rings is 1. The molecule has 28 nitrogen and oxygen atoms in total. The minimum absolute atomic E-state index is 0.00487. The number of nitrogens with one attached hydrogen (secondary N) is 2. The van der Waals surface area contributed by atoms with E-state index in [0.717, 1.165) is 39.0 Å². The highest BCUT2D eigenvalue weighted by molar-refractivity contribution is 7.61. The molecule has 10 atom stereocenters. The SMILES string of the molecule is C[n+]1c2ccccc2cc2c(OCCCC(=O)NCCNc3ncnc4c3ncn4C3OC(COP(=O)(O)OP(=O)(O)OCC4OC([n+]5cccc(C(N)=O)c5)C(O)C4O)C(O)C3OP(=O)(O)O)cccc21. The highest BCUT2D eigenvalue weighted by Crippen LogP contribution is 2.61. The Balaban J connectivity index is 0.824. The predicted octanol–water partition coefficient (Wildman–Crippen LogP) is 0.0371. The van der Waals surface area contributed by atoms with Crippen LogP contribution in [0.15, 0.2) is 85.7 Å². The molecule has 2 aliphatic heterocycles. The molecule has 2 aliphatic rings. The number of aliphatic hydroxyl groups is 3. The van der Waals surface area contributed by atoms with Crippen LogP contribution in [0.25, 0.3) is 33.0 Å². The van der Waals surface area contributed by atoms with Crippen LogP contribution < -0.4 is 30.2 Å². The number of hydrogen-bond acceptors (Lipinski definition) is 19. The van der Waals surface area contributed by atoms with Crippen LogP contribution in [0.1, 0.15) is 35.7 Å². The number of aryl methyl sites for hydroxylation is 1. The molecule has 2 saturated heterocycles. The van der Waals surface area contributed by atoms with Gasteiger partial charge in [0, 0.05) is 43.1 Å². The van der Waals surface area contributed by atoms with Crippen LogP contribution in [0.2, 0.25) is 0 Å². The Bertz CT molecular complexity index is 3110. The lowest BCUT2D eigenvalue weighted by molar-refractivity contribution is -0.765. The normalized spacial score (nSPS) is 24.1. The maximum Gasteiger partial charge on any atom is 0.481 e. The van der Waals surface area contributed by atoms with E-state index in [1.807, 2.05) is 49.5 Å². The van der Waals surface area contributed by atoms with Gasteiger partial charge in [0.15, 0.2) is 41.7 Å². The summed E-state index contributed by atoms with van der Waals surface area (Å²) in [6, 6.07) is 18.7. The first-order valence-electron chi connectivity index (χ1n) is 21.9. The van der Waals surface area contributed by atoms with Crippen LogP contribution in [0, 0.1) is 0 Å². The number of anilines is 1. The van der Waals surface area contributed by atoms with Crippen molar-refractivity contribution >= 4 is 74.1 Å². The van der Waals surface area contributed by atoms with Crippen LogP contribution in [-0.4, -0.2) is 136 Å². The quantitative estimate of drug-likeness (QED) is 0.0186. The molecule has 0 aliphatic carbocycles. The van der Waals surface area contributed by atoms with Crippen molar-refractivity contribution in [3.8, 4) is 5.75 Å². The van der Waals surface area contributed by atoms with Crippen molar-refractivity contribution in [1.29, 1.82) is 0 Å². The number of hydrogen-bond donors (Lipinski definition) is 10. The highest BCUT2D eigenvalue weighted by Gasteiger charge is 2.52. The summed E-state index contributed by atoms with van der Waals surface area (Å²) in [6.45, 7) is -1.45. The van der Waals surface area contributed by atoms with Gasteiger partial charge < -0.3 is 65.5 Å². The molecule has 31 heteroatoms. The number of ether oxygens (including phenoxy) is 3. The van der Waals surface area contributed by atoms with Gasteiger partial charge in [-0.3, -0.25) is 27.7 Å². The molecule has 6 aromatic rings. The molecule has 72 heavy (non-hydrogen) atoms. The number of phosphoric ester groups is 3. The molecule has 0 radical (unpaired) electrons. The van der Waals surface area contributed by atoms with Crippen LogP contribution in [-0.2, 0) is 52.9 Å². The molecule has 2 aromatic carbocycles. The second-order valence-corrected chi connectivity index (χ2v) is 20.6. The third kappa shape index (κ3) is 12.3. The Hall–Kier alpha value is -5.48. The lowest BCUT2D eigenvalue weighted by Gasteiger charge is -2.22. The van der Waals surface area contributed by atoms with Gasteiger partial charge in [0.25, 0.3) is 12.1 Å². The van der Waals surface area contributed by atoms with E-state index in [9.17, 15) is 58.2 Å². The fourth-order valence-corrected chi connectivity index (χ4v) is 10.8. The van der Waals surface area contributed by atoms with Crippen molar-refractivity contribution in [2.75, 3.05) is 38.2 Å². The number of rotatable bonds is 22. The molecule has 386 valence electrons. The Morgan fingerprint density at radius 1 is 0.861 bits per heavy atom. The summed E-state index contributed by atoms with van der Waals surface area (Å²) in [4.78, 5) is 77.0. The van der Waals surface area contributed by atoms with Gasteiger partial charge in [-0.1, -0.05) is 18.2 Å².